The summed E-state index contributed by atoms with van der Waals surface area (Å²) in [5, 5.41) is 2.50. The molecule has 2 aromatic rings. The Bertz CT molecular complexity index is 887. The normalized spacial score (nSPS) is 15.3. The van der Waals surface area contributed by atoms with Gasteiger partial charge in [0, 0.05) is 37.5 Å². The van der Waals surface area contributed by atoms with Crippen molar-refractivity contribution in [3.05, 3.63) is 47.8 Å². The van der Waals surface area contributed by atoms with E-state index in [0.29, 0.717) is 10.3 Å². The van der Waals surface area contributed by atoms with E-state index < -0.39 is 10.0 Å². The smallest absolute Gasteiger partial charge is 0.267 e. The average Bonchev–Trinajstić information content (AvgIpc) is 3.24. The van der Waals surface area contributed by atoms with Crippen LogP contribution in [0.1, 0.15) is 20.6 Å². The van der Waals surface area contributed by atoms with Gasteiger partial charge in [0.15, 0.2) is 0 Å². The minimum Gasteiger partial charge on any atom is -0.354 e. The third kappa shape index (κ3) is 3.99. The van der Waals surface area contributed by atoms with E-state index >= 15 is 0 Å². The van der Waals surface area contributed by atoms with Crippen molar-refractivity contribution >= 4 is 45.1 Å². The minimum absolute atomic E-state index is 0.0589. The highest BCUT2D eigenvalue weighted by molar-refractivity contribution is 8.19. The minimum atomic E-state index is -3.76. The summed E-state index contributed by atoms with van der Waals surface area (Å²) in [5.41, 5.74) is 1.91. The maximum atomic E-state index is 12.6. The van der Waals surface area contributed by atoms with Gasteiger partial charge < -0.3 is 9.88 Å². The summed E-state index contributed by atoms with van der Waals surface area (Å²) in [5.74, 6) is 1.89. The van der Waals surface area contributed by atoms with Gasteiger partial charge >= 0.3 is 0 Å². The fourth-order valence-corrected chi connectivity index (χ4v) is 6.51. The van der Waals surface area contributed by atoms with Gasteiger partial charge in [-0.1, -0.05) is 12.1 Å². The van der Waals surface area contributed by atoms with Gasteiger partial charge in [-0.15, -0.1) is 23.5 Å². The quantitative estimate of drug-likeness (QED) is 0.811. The van der Waals surface area contributed by atoms with Crippen molar-refractivity contribution in [3.63, 3.8) is 0 Å². The first kappa shape index (κ1) is 18.2. The molecule has 0 unspecified atom stereocenters. The Morgan fingerprint density at radius 3 is 2.64 bits per heavy atom. The van der Waals surface area contributed by atoms with Crippen LogP contribution in [0.4, 0.5) is 5.69 Å². The van der Waals surface area contributed by atoms with Crippen molar-refractivity contribution in [2.24, 2.45) is 7.05 Å². The van der Waals surface area contributed by atoms with Crippen molar-refractivity contribution in [1.29, 1.82) is 0 Å². The number of nitrogens with one attached hydrogen (secondary N) is 2. The maximum Gasteiger partial charge on any atom is 0.267 e. The Morgan fingerprint density at radius 2 is 1.96 bits per heavy atom. The summed E-state index contributed by atoms with van der Waals surface area (Å²) in [7, 11) is -0.618. The molecule has 1 aromatic carbocycles. The van der Waals surface area contributed by atoms with Gasteiger partial charge in [0.2, 0.25) is 0 Å². The van der Waals surface area contributed by atoms with E-state index in [4.69, 9.17) is 0 Å². The molecule has 0 atom stereocenters. The predicted molar refractivity (Wildman–Crippen MR) is 104 cm³/mol. The summed E-state index contributed by atoms with van der Waals surface area (Å²) in [6.45, 7) is 0. The van der Waals surface area contributed by atoms with Gasteiger partial charge in [0.25, 0.3) is 15.9 Å². The predicted octanol–water partition coefficient (Wildman–Crippen LogP) is 2.66. The molecule has 0 spiro atoms. The number of thioether (sulfide) groups is 2. The summed E-state index contributed by atoms with van der Waals surface area (Å²) in [4.78, 5) is 11.8. The molecular weight excluding hydrogens is 378 g/mol. The Morgan fingerprint density at radius 1 is 1.24 bits per heavy atom. The molecule has 6 nitrogen and oxygen atoms in total. The number of aryl methyl sites for hydroxylation is 1. The number of nitrogens with zero attached hydrogens (tertiary/aromatic N) is 1. The Hall–Kier alpha value is -1.58. The number of carbonyl (C=O) groups is 1. The number of hydrogen-bond donors (Lipinski definition) is 2. The summed E-state index contributed by atoms with van der Waals surface area (Å²) in [6, 6.07) is 8.84. The van der Waals surface area contributed by atoms with Gasteiger partial charge in [-0.3, -0.25) is 9.52 Å². The van der Waals surface area contributed by atoms with Crippen LogP contribution in [0.15, 0.2) is 41.4 Å². The fourth-order valence-electron chi connectivity index (χ4n) is 2.55. The second kappa shape index (κ2) is 7.35. The number of carbonyl (C=O) groups excluding carboxylic acids is 1. The van der Waals surface area contributed by atoms with E-state index in [-0.39, 0.29) is 16.5 Å². The molecule has 3 rings (SSSR count). The molecule has 134 valence electrons. The molecule has 1 aromatic heterocycles. The summed E-state index contributed by atoms with van der Waals surface area (Å²) in [6.07, 6.45) is 1.43. The van der Waals surface area contributed by atoms with Crippen LogP contribution in [0.5, 0.6) is 0 Å². The number of benzene rings is 1. The van der Waals surface area contributed by atoms with Gasteiger partial charge in [-0.2, -0.15) is 0 Å². The van der Waals surface area contributed by atoms with Crippen LogP contribution in [-0.2, 0) is 17.1 Å². The largest absolute Gasteiger partial charge is 0.354 e. The number of aromatic nitrogens is 1. The van der Waals surface area contributed by atoms with Crippen LogP contribution in [0, 0.1) is 0 Å². The van der Waals surface area contributed by atoms with Crippen molar-refractivity contribution in [2.45, 2.75) is 9.48 Å². The number of amides is 1. The lowest BCUT2D eigenvalue weighted by Gasteiger charge is -2.11. The molecule has 2 heterocycles. The van der Waals surface area contributed by atoms with Crippen molar-refractivity contribution in [3.8, 4) is 0 Å². The third-order valence-electron chi connectivity index (χ3n) is 3.78. The van der Waals surface area contributed by atoms with E-state index in [1.165, 1.54) is 23.9 Å². The zero-order valence-corrected chi connectivity index (χ0v) is 16.3. The van der Waals surface area contributed by atoms with Crippen LogP contribution in [0.2, 0.25) is 0 Å². The number of anilines is 1. The Balaban J connectivity index is 1.84. The molecule has 1 aliphatic rings. The highest BCUT2D eigenvalue weighted by atomic mass is 32.2. The molecule has 0 bridgehead atoms. The lowest BCUT2D eigenvalue weighted by Crippen LogP contribution is -2.20. The Labute approximate surface area is 155 Å². The van der Waals surface area contributed by atoms with E-state index in [9.17, 15) is 13.2 Å². The van der Waals surface area contributed by atoms with Crippen LogP contribution in [-0.4, -0.2) is 37.4 Å². The van der Waals surface area contributed by atoms with Crippen molar-refractivity contribution in [1.82, 2.24) is 9.88 Å². The fraction of sp³-hybridized carbons (Fsp3) is 0.312. The van der Waals surface area contributed by atoms with Gasteiger partial charge in [-0.05, 0) is 23.8 Å². The molecule has 25 heavy (non-hydrogen) atoms. The van der Waals surface area contributed by atoms with Crippen molar-refractivity contribution < 1.29 is 13.2 Å². The number of rotatable bonds is 5. The Kier molecular flexibility index (Phi) is 5.35. The second-order valence-electron chi connectivity index (χ2n) is 5.56. The van der Waals surface area contributed by atoms with Crippen molar-refractivity contribution in [2.75, 3.05) is 23.3 Å². The molecule has 1 amide bonds. The van der Waals surface area contributed by atoms with Gasteiger partial charge in [0.05, 0.1) is 4.58 Å². The van der Waals surface area contributed by atoms with E-state index in [0.717, 1.165) is 17.1 Å². The molecule has 0 saturated carbocycles. The lowest BCUT2D eigenvalue weighted by molar-refractivity contribution is 0.0955. The highest BCUT2D eigenvalue weighted by Crippen LogP contribution is 2.45. The van der Waals surface area contributed by atoms with Gasteiger partial charge in [0.1, 0.15) is 10.6 Å². The topological polar surface area (TPSA) is 80.2 Å². The standard InChI is InChI=1S/C16H19N3O3S3/c1-17-15(20)14-9-13(10-19(14)2)25(21,22)18-12-5-3-4-11(8-12)16-23-6-7-24-16/h3-5,8-10,16,18H,6-7H2,1-2H3,(H,17,20). The first-order valence-electron chi connectivity index (χ1n) is 7.65. The number of hydrogen-bond acceptors (Lipinski definition) is 5. The second-order valence-corrected chi connectivity index (χ2v) is 9.96. The molecule has 0 radical (unpaired) electrons. The monoisotopic (exact) mass is 397 g/mol. The maximum absolute atomic E-state index is 12.6. The van der Waals surface area contributed by atoms with Crippen LogP contribution < -0.4 is 10.0 Å². The lowest BCUT2D eigenvalue weighted by atomic mass is 10.2. The highest BCUT2D eigenvalue weighted by Gasteiger charge is 2.22. The van der Waals surface area contributed by atoms with Gasteiger partial charge in [-0.25, -0.2) is 8.42 Å². The zero-order chi connectivity index (χ0) is 18.0. The average molecular weight is 398 g/mol. The molecule has 1 aliphatic heterocycles. The molecule has 1 saturated heterocycles. The van der Waals surface area contributed by atoms with E-state index in [1.54, 1.807) is 13.1 Å². The molecule has 1 fully saturated rings. The molecular formula is C16H19N3O3S3. The number of sulfonamides is 1. The van der Waals surface area contributed by atoms with Crippen LogP contribution >= 0.6 is 23.5 Å². The molecule has 0 aliphatic carbocycles. The summed E-state index contributed by atoms with van der Waals surface area (Å²) >= 11 is 3.73. The van der Waals surface area contributed by atoms with E-state index in [2.05, 4.69) is 10.0 Å². The zero-order valence-electron chi connectivity index (χ0n) is 13.9. The molecule has 9 heteroatoms. The first-order valence-corrected chi connectivity index (χ1v) is 11.2. The first-order chi connectivity index (χ1) is 11.9. The van der Waals surface area contributed by atoms with Crippen LogP contribution in [0.25, 0.3) is 0 Å². The van der Waals surface area contributed by atoms with Crippen LogP contribution in [0.3, 0.4) is 0 Å². The summed E-state index contributed by atoms with van der Waals surface area (Å²) < 4.78 is 29.7. The van der Waals surface area contributed by atoms with E-state index in [1.807, 2.05) is 41.7 Å². The molecule has 2 N–H and O–H groups in total. The SMILES string of the molecule is CNC(=O)c1cc(S(=O)(=O)Nc2cccc(C3SCCS3)c2)cn1C. The third-order valence-corrected chi connectivity index (χ3v) is 8.24.